The van der Waals surface area contributed by atoms with Crippen molar-refractivity contribution in [1.29, 1.82) is 5.26 Å². The summed E-state index contributed by atoms with van der Waals surface area (Å²) < 4.78 is 10.1. The molecule has 21 heavy (non-hydrogen) atoms. The van der Waals surface area contributed by atoms with Crippen molar-refractivity contribution in [3.63, 3.8) is 0 Å². The van der Waals surface area contributed by atoms with Gasteiger partial charge in [-0.3, -0.25) is 4.79 Å². The van der Waals surface area contributed by atoms with Crippen LogP contribution in [0.1, 0.15) is 12.5 Å². The van der Waals surface area contributed by atoms with Crippen molar-refractivity contribution < 1.29 is 24.2 Å². The third-order valence-corrected chi connectivity index (χ3v) is 2.63. The maximum atomic E-state index is 11.9. The number of hydrogen-bond acceptors (Lipinski definition) is 5. The van der Waals surface area contributed by atoms with E-state index in [4.69, 9.17) is 19.8 Å². The van der Waals surface area contributed by atoms with Gasteiger partial charge >= 0.3 is 5.97 Å². The van der Waals surface area contributed by atoms with Gasteiger partial charge in [-0.05, 0) is 19.1 Å². The third kappa shape index (κ3) is 4.78. The average Bonchev–Trinajstić information content (AvgIpc) is 2.47. The number of rotatable bonds is 7. The second-order valence-electron chi connectivity index (χ2n) is 4.22. The number of hydrogen-bond donors (Lipinski definition) is 2. The zero-order chi connectivity index (χ0) is 15.8. The topological polar surface area (TPSA) is 109 Å². The van der Waals surface area contributed by atoms with E-state index in [9.17, 15) is 9.59 Å². The van der Waals surface area contributed by atoms with Gasteiger partial charge in [0.05, 0.1) is 12.2 Å². The summed E-state index contributed by atoms with van der Waals surface area (Å²) in [5, 5.41) is 20.2. The third-order valence-electron chi connectivity index (χ3n) is 2.63. The lowest BCUT2D eigenvalue weighted by Crippen LogP contribution is -2.48. The molecular formula is C14H16N2O5. The Morgan fingerprint density at radius 2 is 2.10 bits per heavy atom. The summed E-state index contributed by atoms with van der Waals surface area (Å²) in [5.41, 5.74) is 0.295. The highest BCUT2D eigenvalue weighted by molar-refractivity contribution is 5.86. The lowest BCUT2D eigenvalue weighted by atomic mass is 10.2. The van der Waals surface area contributed by atoms with Crippen LogP contribution >= 0.6 is 0 Å². The number of amides is 1. The van der Waals surface area contributed by atoms with Crippen molar-refractivity contribution in [2.75, 3.05) is 13.7 Å². The molecule has 0 saturated carbocycles. The number of nitrogens with one attached hydrogen (secondary N) is 1. The minimum Gasteiger partial charge on any atom is -0.480 e. The molecule has 1 aromatic carbocycles. The normalized spacial score (nSPS) is 12.8. The van der Waals surface area contributed by atoms with Gasteiger partial charge in [-0.2, -0.15) is 5.26 Å². The highest BCUT2D eigenvalue weighted by atomic mass is 16.5. The Morgan fingerprint density at radius 1 is 1.43 bits per heavy atom. The van der Waals surface area contributed by atoms with Crippen LogP contribution in [-0.4, -0.2) is 42.8 Å². The van der Waals surface area contributed by atoms with Crippen LogP contribution in [0.5, 0.6) is 5.75 Å². The Kier molecular flexibility index (Phi) is 6.17. The molecule has 2 N–H and O–H groups in total. The number of benzene rings is 1. The van der Waals surface area contributed by atoms with Crippen molar-refractivity contribution in [2.45, 2.75) is 19.1 Å². The predicted molar refractivity (Wildman–Crippen MR) is 72.7 cm³/mol. The first-order valence-electron chi connectivity index (χ1n) is 6.17. The van der Waals surface area contributed by atoms with Gasteiger partial charge in [0.2, 0.25) is 0 Å². The van der Waals surface area contributed by atoms with Gasteiger partial charge < -0.3 is 19.9 Å². The molecule has 1 amide bonds. The predicted octanol–water partition coefficient (Wildman–Crippen LogP) is 0.541. The molecule has 0 spiro atoms. The number of carbonyl (C=O) groups is 2. The van der Waals surface area contributed by atoms with Gasteiger partial charge in [0.25, 0.3) is 5.91 Å². The molecule has 0 aliphatic rings. The van der Waals surface area contributed by atoms with E-state index in [2.05, 4.69) is 5.32 Å². The molecule has 7 nitrogen and oxygen atoms in total. The summed E-state index contributed by atoms with van der Waals surface area (Å²) in [6.45, 7) is 1.32. The number of para-hydroxylation sites is 1. The molecule has 0 saturated heterocycles. The minimum absolute atomic E-state index is 0.150. The quantitative estimate of drug-likeness (QED) is 0.759. The van der Waals surface area contributed by atoms with Crippen LogP contribution in [-0.2, 0) is 14.3 Å². The Balaban J connectivity index is 2.70. The maximum absolute atomic E-state index is 11.9. The molecule has 0 radical (unpaired) electrons. The lowest BCUT2D eigenvalue weighted by molar-refractivity contribution is -0.144. The van der Waals surface area contributed by atoms with Crippen molar-refractivity contribution in [3.8, 4) is 11.8 Å². The second-order valence-corrected chi connectivity index (χ2v) is 4.22. The molecule has 0 aromatic heterocycles. The molecular weight excluding hydrogens is 276 g/mol. The highest BCUT2D eigenvalue weighted by Crippen LogP contribution is 2.18. The molecule has 0 aliphatic carbocycles. The molecule has 7 heteroatoms. The maximum Gasteiger partial charge on any atom is 0.328 e. The second kappa shape index (κ2) is 7.87. The highest BCUT2D eigenvalue weighted by Gasteiger charge is 2.24. The smallest absolute Gasteiger partial charge is 0.328 e. The fourth-order valence-electron chi connectivity index (χ4n) is 1.54. The lowest BCUT2D eigenvalue weighted by Gasteiger charge is -2.18. The van der Waals surface area contributed by atoms with Crippen LogP contribution in [0.15, 0.2) is 24.3 Å². The molecule has 1 aromatic rings. The van der Waals surface area contributed by atoms with E-state index in [0.717, 1.165) is 0 Å². The van der Waals surface area contributed by atoms with E-state index >= 15 is 0 Å². The zero-order valence-corrected chi connectivity index (χ0v) is 11.7. The average molecular weight is 292 g/mol. The summed E-state index contributed by atoms with van der Waals surface area (Å²) in [7, 11) is 1.34. The fourth-order valence-corrected chi connectivity index (χ4v) is 1.54. The monoisotopic (exact) mass is 292 g/mol. The summed E-state index contributed by atoms with van der Waals surface area (Å²) in [6.07, 6.45) is -0.946. The van der Waals surface area contributed by atoms with E-state index in [0.29, 0.717) is 5.56 Å². The molecule has 0 fully saturated rings. The van der Waals surface area contributed by atoms with Gasteiger partial charge in [0.1, 0.15) is 11.8 Å². The number of nitriles is 1. The summed E-state index contributed by atoms with van der Waals surface area (Å²) in [5.74, 6) is -1.54. The Bertz CT molecular complexity index is 553. The van der Waals surface area contributed by atoms with E-state index in [1.807, 2.05) is 6.07 Å². The standard InChI is InChI=1S/C14H16N2O5/c1-9(13(17)16-11(8-20-2)14(18)19)21-12-6-4-3-5-10(12)7-15/h3-6,9,11H,8H2,1-2H3,(H,16,17)(H,18,19). The van der Waals surface area contributed by atoms with Gasteiger partial charge in [-0.25, -0.2) is 4.79 Å². The van der Waals surface area contributed by atoms with E-state index in [-0.39, 0.29) is 12.4 Å². The number of nitrogens with zero attached hydrogens (tertiary/aromatic N) is 1. The van der Waals surface area contributed by atoms with Crippen molar-refractivity contribution >= 4 is 11.9 Å². The molecule has 2 unspecified atom stereocenters. The summed E-state index contributed by atoms with van der Waals surface area (Å²) in [6, 6.07) is 7.27. The zero-order valence-electron chi connectivity index (χ0n) is 11.7. The first-order chi connectivity index (χ1) is 9.99. The summed E-state index contributed by atoms with van der Waals surface area (Å²) >= 11 is 0. The molecule has 0 bridgehead atoms. The molecule has 0 aliphatic heterocycles. The molecule has 112 valence electrons. The fraction of sp³-hybridized carbons (Fsp3) is 0.357. The molecule has 1 rings (SSSR count). The SMILES string of the molecule is COCC(NC(=O)C(C)Oc1ccccc1C#N)C(=O)O. The number of carbonyl (C=O) groups excluding carboxylic acids is 1. The first-order valence-corrected chi connectivity index (χ1v) is 6.17. The Labute approximate surface area is 122 Å². The van der Waals surface area contributed by atoms with Crippen molar-refractivity contribution in [1.82, 2.24) is 5.32 Å². The van der Waals surface area contributed by atoms with Crippen LogP contribution in [0.3, 0.4) is 0 Å². The number of aliphatic carboxylic acids is 1. The Hall–Kier alpha value is -2.59. The van der Waals surface area contributed by atoms with Crippen LogP contribution in [0.4, 0.5) is 0 Å². The van der Waals surface area contributed by atoms with Crippen molar-refractivity contribution in [3.05, 3.63) is 29.8 Å². The van der Waals surface area contributed by atoms with Gasteiger partial charge in [0.15, 0.2) is 12.1 Å². The number of carboxylic acids is 1. The van der Waals surface area contributed by atoms with Gasteiger partial charge in [0, 0.05) is 7.11 Å². The van der Waals surface area contributed by atoms with Crippen LogP contribution in [0.2, 0.25) is 0 Å². The first kappa shape index (κ1) is 16.5. The van der Waals surface area contributed by atoms with E-state index in [1.165, 1.54) is 14.0 Å². The molecule has 0 heterocycles. The number of carboxylic acid groups (broad SMARTS) is 1. The number of methoxy groups -OCH3 is 1. The van der Waals surface area contributed by atoms with Crippen LogP contribution in [0, 0.1) is 11.3 Å². The largest absolute Gasteiger partial charge is 0.480 e. The number of ether oxygens (including phenoxy) is 2. The van der Waals surface area contributed by atoms with Crippen LogP contribution in [0.25, 0.3) is 0 Å². The van der Waals surface area contributed by atoms with Gasteiger partial charge in [-0.15, -0.1) is 0 Å². The molecule has 2 atom stereocenters. The minimum atomic E-state index is -1.20. The van der Waals surface area contributed by atoms with Crippen LogP contribution < -0.4 is 10.1 Å². The van der Waals surface area contributed by atoms with Gasteiger partial charge in [-0.1, -0.05) is 12.1 Å². The van der Waals surface area contributed by atoms with Crippen molar-refractivity contribution in [2.24, 2.45) is 0 Å². The van der Waals surface area contributed by atoms with E-state index < -0.39 is 24.0 Å². The van der Waals surface area contributed by atoms with E-state index in [1.54, 1.807) is 24.3 Å². The Morgan fingerprint density at radius 3 is 2.67 bits per heavy atom. The summed E-state index contributed by atoms with van der Waals surface area (Å²) in [4.78, 5) is 22.8.